The highest BCUT2D eigenvalue weighted by molar-refractivity contribution is 5.85. The van der Waals surface area contributed by atoms with Crippen LogP contribution in [0, 0.1) is 5.92 Å². The van der Waals surface area contributed by atoms with E-state index in [0.29, 0.717) is 38.1 Å². The molecule has 1 amide bonds. The molecule has 8 nitrogen and oxygen atoms in total. The van der Waals surface area contributed by atoms with Crippen LogP contribution in [0.3, 0.4) is 0 Å². The van der Waals surface area contributed by atoms with Crippen molar-refractivity contribution in [2.75, 3.05) is 6.54 Å². The van der Waals surface area contributed by atoms with Crippen LogP contribution in [0.25, 0.3) is 0 Å². The average molecular weight is 321 g/mol. The van der Waals surface area contributed by atoms with Crippen LogP contribution in [-0.2, 0) is 17.8 Å². The average Bonchev–Trinajstić information content (AvgIpc) is 2.89. The Bertz CT molecular complexity index is 456. The van der Waals surface area contributed by atoms with Crippen molar-refractivity contribution in [2.24, 2.45) is 11.7 Å². The number of nitrogens with one attached hydrogen (secondary N) is 1. The van der Waals surface area contributed by atoms with Gasteiger partial charge in [0.25, 0.3) is 5.89 Å². The van der Waals surface area contributed by atoms with Gasteiger partial charge in [-0.15, -0.1) is 12.4 Å². The molecule has 1 fully saturated rings. The normalized spacial score (nSPS) is 25.2. The van der Waals surface area contributed by atoms with Gasteiger partial charge in [-0.2, -0.15) is 4.98 Å². The van der Waals surface area contributed by atoms with Gasteiger partial charge < -0.3 is 25.8 Å². The van der Waals surface area contributed by atoms with E-state index in [0.717, 1.165) is 0 Å². The van der Waals surface area contributed by atoms with Gasteiger partial charge in [-0.3, -0.25) is 4.79 Å². The topological polar surface area (TPSA) is 134 Å². The van der Waals surface area contributed by atoms with Gasteiger partial charge in [0.1, 0.15) is 6.61 Å². The number of amides is 1. The molecule has 0 bridgehead atoms. The molecule has 0 aromatic carbocycles. The Hall–Kier alpha value is -1.22. The number of carbonyl (C=O) groups excluding carboxylic acids is 1. The maximum atomic E-state index is 11.9. The number of hydrogen-bond donors (Lipinski definition) is 4. The number of halogens is 1. The van der Waals surface area contributed by atoms with Gasteiger partial charge in [0.05, 0.1) is 6.10 Å². The fourth-order valence-electron chi connectivity index (χ4n) is 2.33. The number of nitrogens with two attached hydrogens (primary N) is 1. The minimum Gasteiger partial charge on any atom is -0.392 e. The molecule has 1 aliphatic rings. The highest BCUT2D eigenvalue weighted by atomic mass is 35.5. The van der Waals surface area contributed by atoms with Gasteiger partial charge in [0, 0.05) is 24.9 Å². The van der Waals surface area contributed by atoms with Crippen molar-refractivity contribution in [3.63, 3.8) is 0 Å². The van der Waals surface area contributed by atoms with E-state index in [1.807, 2.05) is 0 Å². The summed E-state index contributed by atoms with van der Waals surface area (Å²) in [5.41, 5.74) is 5.76. The predicted molar refractivity (Wildman–Crippen MR) is 75.5 cm³/mol. The van der Waals surface area contributed by atoms with E-state index >= 15 is 0 Å². The first-order valence-corrected chi connectivity index (χ1v) is 6.74. The van der Waals surface area contributed by atoms with Crippen LogP contribution in [0.4, 0.5) is 0 Å². The Balaban J connectivity index is 0.00000220. The van der Waals surface area contributed by atoms with Crippen LogP contribution < -0.4 is 11.1 Å². The molecule has 0 spiro atoms. The number of carbonyl (C=O) groups is 1. The molecule has 5 N–H and O–H groups in total. The summed E-state index contributed by atoms with van der Waals surface area (Å²) in [7, 11) is 0. The number of aliphatic hydroxyl groups excluding tert-OH is 2. The van der Waals surface area contributed by atoms with Crippen molar-refractivity contribution >= 4 is 18.3 Å². The zero-order chi connectivity index (χ0) is 14.5. The molecule has 2 rings (SSSR count). The highest BCUT2D eigenvalue weighted by Gasteiger charge is 2.30. The summed E-state index contributed by atoms with van der Waals surface area (Å²) in [5, 5.41) is 24.8. The van der Waals surface area contributed by atoms with Crippen molar-refractivity contribution in [2.45, 2.75) is 44.4 Å². The van der Waals surface area contributed by atoms with Crippen molar-refractivity contribution < 1.29 is 19.5 Å². The highest BCUT2D eigenvalue weighted by Crippen LogP contribution is 2.23. The summed E-state index contributed by atoms with van der Waals surface area (Å²) in [6, 6.07) is -0.330. The van der Waals surface area contributed by atoms with E-state index in [2.05, 4.69) is 15.5 Å². The van der Waals surface area contributed by atoms with E-state index in [1.165, 1.54) is 0 Å². The Morgan fingerprint density at radius 3 is 2.86 bits per heavy atom. The molecular weight excluding hydrogens is 300 g/mol. The van der Waals surface area contributed by atoms with Crippen molar-refractivity contribution in [3.05, 3.63) is 11.7 Å². The van der Waals surface area contributed by atoms with Crippen molar-refractivity contribution in [1.82, 2.24) is 15.5 Å². The van der Waals surface area contributed by atoms with E-state index in [9.17, 15) is 9.90 Å². The lowest BCUT2D eigenvalue weighted by atomic mass is 9.84. The van der Waals surface area contributed by atoms with Gasteiger partial charge in [-0.05, 0) is 19.3 Å². The smallest absolute Gasteiger partial charge is 0.252 e. The fraction of sp³-hybridized carbons (Fsp3) is 0.750. The van der Waals surface area contributed by atoms with Crippen LogP contribution in [0.15, 0.2) is 4.52 Å². The summed E-state index contributed by atoms with van der Waals surface area (Å²) in [6.07, 6.45) is 1.65. The third kappa shape index (κ3) is 4.92. The molecule has 0 saturated heterocycles. The second-order valence-electron chi connectivity index (χ2n) is 5.04. The van der Waals surface area contributed by atoms with Crippen LogP contribution in [0.5, 0.6) is 0 Å². The largest absolute Gasteiger partial charge is 0.392 e. The third-order valence-electron chi connectivity index (χ3n) is 3.53. The van der Waals surface area contributed by atoms with Gasteiger partial charge >= 0.3 is 0 Å². The maximum absolute atomic E-state index is 11.9. The first kappa shape index (κ1) is 17.8. The second kappa shape index (κ2) is 8.28. The lowest BCUT2D eigenvalue weighted by Crippen LogP contribution is -2.45. The molecule has 21 heavy (non-hydrogen) atoms. The Morgan fingerprint density at radius 1 is 1.48 bits per heavy atom. The number of aliphatic hydroxyl groups is 2. The van der Waals surface area contributed by atoms with Crippen LogP contribution in [-0.4, -0.2) is 45.0 Å². The first-order chi connectivity index (χ1) is 9.60. The number of aromatic nitrogens is 2. The van der Waals surface area contributed by atoms with Gasteiger partial charge in [0.2, 0.25) is 5.91 Å². The third-order valence-corrected chi connectivity index (χ3v) is 3.53. The number of hydrogen-bond acceptors (Lipinski definition) is 7. The standard InChI is InChI=1S/C12H20N4O4.ClH/c13-8-5-7(1-2-9(8)18)12(19)14-4-3-10-15-11(6-17)20-16-10;/h7-9,17-18H,1-6,13H2,(H,14,19);1H/t7-,8+,9+;/m0./s1. The SMILES string of the molecule is Cl.N[C@@H]1C[C@@H](C(=O)NCCc2noc(CO)n2)CC[C@H]1O. The van der Waals surface area contributed by atoms with Gasteiger partial charge in [-0.25, -0.2) is 0 Å². The van der Waals surface area contributed by atoms with E-state index < -0.39 is 6.10 Å². The molecule has 1 aromatic rings. The molecule has 9 heteroatoms. The Morgan fingerprint density at radius 2 is 2.24 bits per heavy atom. The maximum Gasteiger partial charge on any atom is 0.252 e. The molecule has 1 heterocycles. The second-order valence-corrected chi connectivity index (χ2v) is 5.04. The predicted octanol–water partition coefficient (Wildman–Crippen LogP) is -0.869. The molecule has 1 aromatic heterocycles. The quantitative estimate of drug-likeness (QED) is 0.554. The minimum absolute atomic E-state index is 0. The monoisotopic (exact) mass is 320 g/mol. The van der Waals surface area contributed by atoms with Crippen LogP contribution in [0.2, 0.25) is 0 Å². The molecule has 120 valence electrons. The lowest BCUT2D eigenvalue weighted by molar-refractivity contribution is -0.126. The summed E-state index contributed by atoms with van der Waals surface area (Å²) in [5.74, 6) is 0.411. The fourth-order valence-corrected chi connectivity index (χ4v) is 2.33. The zero-order valence-electron chi connectivity index (χ0n) is 11.6. The molecule has 0 aliphatic heterocycles. The summed E-state index contributed by atoms with van der Waals surface area (Å²) < 4.78 is 4.75. The Labute approximate surface area is 128 Å². The summed E-state index contributed by atoms with van der Waals surface area (Å²) >= 11 is 0. The van der Waals surface area contributed by atoms with Crippen molar-refractivity contribution in [3.8, 4) is 0 Å². The van der Waals surface area contributed by atoms with E-state index in [1.54, 1.807) is 0 Å². The molecule has 1 aliphatic carbocycles. The Kier molecular flexibility index (Phi) is 7.03. The van der Waals surface area contributed by atoms with Gasteiger partial charge in [0.15, 0.2) is 5.82 Å². The van der Waals surface area contributed by atoms with Crippen LogP contribution in [0.1, 0.15) is 31.0 Å². The zero-order valence-corrected chi connectivity index (χ0v) is 12.4. The minimum atomic E-state index is -0.504. The first-order valence-electron chi connectivity index (χ1n) is 6.74. The molecule has 3 atom stereocenters. The molecular formula is C12H21ClN4O4. The molecule has 0 radical (unpaired) electrons. The number of rotatable bonds is 5. The van der Waals surface area contributed by atoms with E-state index in [4.69, 9.17) is 15.4 Å². The summed E-state index contributed by atoms with van der Waals surface area (Å²) in [4.78, 5) is 15.9. The molecule has 1 saturated carbocycles. The lowest BCUT2D eigenvalue weighted by Gasteiger charge is -2.29. The number of nitrogens with zero attached hydrogens (tertiary/aromatic N) is 2. The summed E-state index contributed by atoms with van der Waals surface area (Å²) in [6.45, 7) is 0.110. The van der Waals surface area contributed by atoms with Crippen molar-refractivity contribution in [1.29, 1.82) is 0 Å². The van der Waals surface area contributed by atoms with Crippen LogP contribution >= 0.6 is 12.4 Å². The van der Waals surface area contributed by atoms with E-state index in [-0.39, 0.29) is 42.8 Å². The van der Waals surface area contributed by atoms with Gasteiger partial charge in [-0.1, -0.05) is 5.16 Å². The molecule has 0 unspecified atom stereocenters.